The normalized spacial score (nSPS) is 10.9. The number of nitrogens with zero attached hydrogens (tertiary/aromatic N) is 2. The standard InChI is InChI=1S/C15H19BrN4S.HI/c1-2-17-15(20-11-13-6-7-14(16)21-13)19-10-8-12-5-3-4-9-18-12;/h3-7,9H,2,8,10-11H2,1H3,(H2,17,19,20);1H. The summed E-state index contributed by atoms with van der Waals surface area (Å²) in [5.74, 6) is 0.845. The average Bonchev–Trinajstić information content (AvgIpc) is 2.91. The Hall–Kier alpha value is -0.670. The first-order chi connectivity index (χ1) is 10.3. The summed E-state index contributed by atoms with van der Waals surface area (Å²) in [6.07, 6.45) is 2.71. The first-order valence-electron chi connectivity index (χ1n) is 6.94. The van der Waals surface area contributed by atoms with Crippen molar-refractivity contribution in [1.82, 2.24) is 15.6 Å². The Balaban J connectivity index is 0.00000242. The van der Waals surface area contributed by atoms with E-state index in [2.05, 4.69) is 55.6 Å². The van der Waals surface area contributed by atoms with Gasteiger partial charge in [0, 0.05) is 36.3 Å². The molecule has 120 valence electrons. The lowest BCUT2D eigenvalue weighted by atomic mass is 10.3. The lowest BCUT2D eigenvalue weighted by molar-refractivity contribution is 0.789. The predicted octanol–water partition coefficient (Wildman–Crippen LogP) is 3.82. The average molecular weight is 495 g/mol. The molecule has 2 aromatic rings. The Labute approximate surface area is 161 Å². The van der Waals surface area contributed by atoms with Gasteiger partial charge in [-0.25, -0.2) is 4.99 Å². The second-order valence-corrected chi connectivity index (χ2v) is 6.95. The zero-order valence-electron chi connectivity index (χ0n) is 12.4. The molecule has 0 amide bonds. The van der Waals surface area contributed by atoms with E-state index in [1.54, 1.807) is 11.3 Å². The maximum Gasteiger partial charge on any atom is 0.191 e. The van der Waals surface area contributed by atoms with Crippen LogP contribution < -0.4 is 10.6 Å². The zero-order chi connectivity index (χ0) is 14.9. The highest BCUT2D eigenvalue weighted by Crippen LogP contribution is 2.22. The molecule has 0 aliphatic carbocycles. The number of guanidine groups is 1. The van der Waals surface area contributed by atoms with Crippen molar-refractivity contribution in [2.45, 2.75) is 19.9 Å². The van der Waals surface area contributed by atoms with Crippen molar-refractivity contribution in [3.63, 3.8) is 0 Å². The van der Waals surface area contributed by atoms with Crippen LogP contribution in [-0.4, -0.2) is 24.0 Å². The van der Waals surface area contributed by atoms with E-state index < -0.39 is 0 Å². The van der Waals surface area contributed by atoms with Crippen molar-refractivity contribution in [1.29, 1.82) is 0 Å². The van der Waals surface area contributed by atoms with E-state index in [1.165, 1.54) is 4.88 Å². The molecule has 0 spiro atoms. The Morgan fingerprint density at radius 2 is 2.14 bits per heavy atom. The van der Waals surface area contributed by atoms with Crippen molar-refractivity contribution in [3.8, 4) is 0 Å². The predicted molar refractivity (Wildman–Crippen MR) is 108 cm³/mol. The van der Waals surface area contributed by atoms with E-state index in [9.17, 15) is 0 Å². The summed E-state index contributed by atoms with van der Waals surface area (Å²) in [5.41, 5.74) is 1.09. The third-order valence-corrected chi connectivity index (χ3v) is 4.37. The van der Waals surface area contributed by atoms with Crippen LogP contribution in [-0.2, 0) is 13.0 Å². The van der Waals surface area contributed by atoms with Crippen LogP contribution in [0.15, 0.2) is 45.3 Å². The number of hydrogen-bond acceptors (Lipinski definition) is 3. The topological polar surface area (TPSA) is 49.3 Å². The number of halogens is 2. The molecule has 0 atom stereocenters. The molecule has 22 heavy (non-hydrogen) atoms. The highest BCUT2D eigenvalue weighted by atomic mass is 127. The molecule has 0 fully saturated rings. The quantitative estimate of drug-likeness (QED) is 0.364. The van der Waals surface area contributed by atoms with Crippen LogP contribution in [0.5, 0.6) is 0 Å². The minimum absolute atomic E-state index is 0. The molecule has 0 aromatic carbocycles. The summed E-state index contributed by atoms with van der Waals surface area (Å²) < 4.78 is 1.14. The van der Waals surface area contributed by atoms with Crippen molar-refractivity contribution < 1.29 is 0 Å². The van der Waals surface area contributed by atoms with Crippen LogP contribution in [0.25, 0.3) is 0 Å². The number of nitrogens with one attached hydrogen (secondary N) is 2. The van der Waals surface area contributed by atoms with Crippen LogP contribution in [0.1, 0.15) is 17.5 Å². The third kappa shape index (κ3) is 7.06. The first-order valence-corrected chi connectivity index (χ1v) is 8.55. The van der Waals surface area contributed by atoms with Gasteiger partial charge in [-0.3, -0.25) is 4.98 Å². The van der Waals surface area contributed by atoms with E-state index in [-0.39, 0.29) is 24.0 Å². The molecule has 4 nitrogen and oxygen atoms in total. The fraction of sp³-hybridized carbons (Fsp3) is 0.333. The molecular weight excluding hydrogens is 475 g/mol. The maximum atomic E-state index is 4.59. The van der Waals surface area contributed by atoms with Gasteiger partial charge in [-0.2, -0.15) is 0 Å². The Kier molecular flexibility index (Phi) is 9.65. The summed E-state index contributed by atoms with van der Waals surface area (Å²) in [6, 6.07) is 10.1. The van der Waals surface area contributed by atoms with E-state index in [1.807, 2.05) is 24.4 Å². The summed E-state index contributed by atoms with van der Waals surface area (Å²) in [7, 11) is 0. The number of pyridine rings is 1. The molecule has 0 saturated carbocycles. The highest BCUT2D eigenvalue weighted by molar-refractivity contribution is 14.0. The van der Waals surface area contributed by atoms with E-state index in [0.717, 1.165) is 35.0 Å². The molecule has 2 heterocycles. The van der Waals surface area contributed by atoms with Gasteiger partial charge in [-0.15, -0.1) is 35.3 Å². The molecule has 0 bridgehead atoms. The van der Waals surface area contributed by atoms with Crippen LogP contribution in [0.2, 0.25) is 0 Å². The highest BCUT2D eigenvalue weighted by Gasteiger charge is 2.00. The monoisotopic (exact) mass is 494 g/mol. The van der Waals surface area contributed by atoms with Crippen LogP contribution in [0, 0.1) is 0 Å². The smallest absolute Gasteiger partial charge is 0.191 e. The molecule has 2 aromatic heterocycles. The summed E-state index contributed by atoms with van der Waals surface area (Å²) in [5, 5.41) is 6.60. The molecule has 0 aliphatic heterocycles. The van der Waals surface area contributed by atoms with Crippen molar-refractivity contribution in [3.05, 3.63) is 50.9 Å². The van der Waals surface area contributed by atoms with Gasteiger partial charge in [0.05, 0.1) is 10.3 Å². The summed E-state index contributed by atoms with van der Waals surface area (Å²) >= 11 is 5.18. The van der Waals surface area contributed by atoms with Gasteiger partial charge in [0.2, 0.25) is 0 Å². The lowest BCUT2D eigenvalue weighted by Crippen LogP contribution is -2.38. The molecule has 0 radical (unpaired) electrons. The number of thiophene rings is 1. The maximum absolute atomic E-state index is 4.59. The molecule has 0 aliphatic rings. The van der Waals surface area contributed by atoms with E-state index in [4.69, 9.17) is 0 Å². The molecule has 0 saturated heterocycles. The summed E-state index contributed by atoms with van der Waals surface area (Å²) in [6.45, 7) is 4.42. The SMILES string of the molecule is CCNC(=NCc1ccc(Br)s1)NCCc1ccccn1.I. The van der Waals surface area contributed by atoms with Crippen LogP contribution in [0.3, 0.4) is 0 Å². The van der Waals surface area contributed by atoms with Gasteiger partial charge in [0.25, 0.3) is 0 Å². The van der Waals surface area contributed by atoms with Gasteiger partial charge in [-0.1, -0.05) is 6.07 Å². The van der Waals surface area contributed by atoms with E-state index in [0.29, 0.717) is 6.54 Å². The van der Waals surface area contributed by atoms with Crippen molar-refractivity contribution in [2.24, 2.45) is 4.99 Å². The Morgan fingerprint density at radius 3 is 2.77 bits per heavy atom. The zero-order valence-corrected chi connectivity index (χ0v) is 17.1. The number of rotatable bonds is 6. The van der Waals surface area contributed by atoms with Gasteiger partial charge >= 0.3 is 0 Å². The fourth-order valence-electron chi connectivity index (χ4n) is 1.79. The van der Waals surface area contributed by atoms with Gasteiger partial charge < -0.3 is 10.6 Å². The second-order valence-electron chi connectivity index (χ2n) is 4.40. The first kappa shape index (κ1) is 19.4. The number of aromatic nitrogens is 1. The fourth-order valence-corrected chi connectivity index (χ4v) is 3.20. The Bertz CT molecular complexity index is 574. The summed E-state index contributed by atoms with van der Waals surface area (Å²) in [4.78, 5) is 10.1. The molecule has 7 heteroatoms. The molecule has 2 N–H and O–H groups in total. The molecular formula is C15H20BrIN4S. The van der Waals surface area contributed by atoms with Gasteiger partial charge in [-0.05, 0) is 47.1 Å². The lowest BCUT2D eigenvalue weighted by Gasteiger charge is -2.10. The largest absolute Gasteiger partial charge is 0.357 e. The van der Waals surface area contributed by atoms with Crippen molar-refractivity contribution >= 4 is 57.2 Å². The molecule has 0 unspecified atom stereocenters. The Morgan fingerprint density at radius 1 is 1.27 bits per heavy atom. The number of hydrogen-bond donors (Lipinski definition) is 2. The minimum atomic E-state index is 0. The van der Waals surface area contributed by atoms with Gasteiger partial charge in [0.15, 0.2) is 5.96 Å². The van der Waals surface area contributed by atoms with Crippen LogP contribution >= 0.6 is 51.2 Å². The van der Waals surface area contributed by atoms with Gasteiger partial charge in [0.1, 0.15) is 0 Å². The van der Waals surface area contributed by atoms with E-state index >= 15 is 0 Å². The molecule has 2 rings (SSSR count). The third-order valence-electron chi connectivity index (χ3n) is 2.77. The second kappa shape index (κ2) is 11.0. The van der Waals surface area contributed by atoms with Crippen molar-refractivity contribution in [2.75, 3.05) is 13.1 Å². The minimum Gasteiger partial charge on any atom is -0.357 e. The number of aliphatic imine (C=N–C) groups is 1. The van der Waals surface area contributed by atoms with Crippen LogP contribution in [0.4, 0.5) is 0 Å².